The van der Waals surface area contributed by atoms with Crippen LogP contribution in [0.1, 0.15) is 68.3 Å². The first-order valence-corrected chi connectivity index (χ1v) is 11.9. The van der Waals surface area contributed by atoms with E-state index in [1.54, 1.807) is 0 Å². The highest BCUT2D eigenvalue weighted by Gasteiger charge is 2.39. The number of methoxy groups -OCH3 is 1. The van der Waals surface area contributed by atoms with Crippen LogP contribution in [0.5, 0.6) is 0 Å². The molecule has 0 heterocycles. The molecule has 1 aromatic rings. The summed E-state index contributed by atoms with van der Waals surface area (Å²) in [6.07, 6.45) is 5.01. The standard InChI is InChI=1S/C20H32O3Si/c1-20(2,3)24(5,6)23-18-13-11-16(12-14-18)15-7-9-17(10-8-15)19(21)22-4/h7-10,16,18H,11-14H2,1-6H3. The molecule has 0 saturated heterocycles. The summed E-state index contributed by atoms with van der Waals surface area (Å²) < 4.78 is 11.3. The van der Waals surface area contributed by atoms with E-state index in [0.29, 0.717) is 17.6 Å². The Labute approximate surface area is 147 Å². The van der Waals surface area contributed by atoms with E-state index in [9.17, 15) is 4.79 Å². The largest absolute Gasteiger partial charge is 0.465 e. The van der Waals surface area contributed by atoms with Gasteiger partial charge in [0.05, 0.1) is 12.7 Å². The summed E-state index contributed by atoms with van der Waals surface area (Å²) in [4.78, 5) is 11.5. The number of hydrogen-bond donors (Lipinski definition) is 0. The number of rotatable bonds is 4. The molecule has 0 atom stereocenters. The molecule has 1 aromatic carbocycles. The predicted molar refractivity (Wildman–Crippen MR) is 101 cm³/mol. The van der Waals surface area contributed by atoms with Crippen molar-refractivity contribution in [3.8, 4) is 0 Å². The van der Waals surface area contributed by atoms with Crippen LogP contribution in [0.15, 0.2) is 24.3 Å². The highest BCUT2D eigenvalue weighted by Crippen LogP contribution is 2.41. The Morgan fingerprint density at radius 1 is 1.04 bits per heavy atom. The lowest BCUT2D eigenvalue weighted by Crippen LogP contribution is -2.44. The van der Waals surface area contributed by atoms with Crippen LogP contribution in [0.2, 0.25) is 18.1 Å². The molecule has 0 bridgehead atoms. The number of hydrogen-bond acceptors (Lipinski definition) is 3. The first kappa shape index (κ1) is 19.2. The minimum Gasteiger partial charge on any atom is -0.465 e. The van der Waals surface area contributed by atoms with E-state index in [1.807, 2.05) is 12.1 Å². The van der Waals surface area contributed by atoms with Gasteiger partial charge in [0.25, 0.3) is 0 Å². The predicted octanol–water partition coefficient (Wildman–Crippen LogP) is 5.52. The molecule has 0 aliphatic heterocycles. The van der Waals surface area contributed by atoms with Crippen LogP contribution in [0.4, 0.5) is 0 Å². The molecule has 0 unspecified atom stereocenters. The van der Waals surface area contributed by atoms with Gasteiger partial charge >= 0.3 is 5.97 Å². The maximum atomic E-state index is 11.5. The quantitative estimate of drug-likeness (QED) is 0.531. The van der Waals surface area contributed by atoms with Crippen molar-refractivity contribution in [2.75, 3.05) is 7.11 Å². The lowest BCUT2D eigenvalue weighted by Gasteiger charge is -2.41. The van der Waals surface area contributed by atoms with E-state index >= 15 is 0 Å². The second-order valence-electron chi connectivity index (χ2n) is 8.47. The second-order valence-corrected chi connectivity index (χ2v) is 13.2. The third kappa shape index (κ3) is 4.48. The molecule has 24 heavy (non-hydrogen) atoms. The average molecular weight is 349 g/mol. The van der Waals surface area contributed by atoms with E-state index in [4.69, 9.17) is 9.16 Å². The zero-order valence-corrected chi connectivity index (χ0v) is 17.0. The van der Waals surface area contributed by atoms with Crippen LogP contribution in [-0.4, -0.2) is 27.5 Å². The number of carbonyl (C=O) groups is 1. The molecule has 3 nitrogen and oxygen atoms in total. The summed E-state index contributed by atoms with van der Waals surface area (Å²) in [5, 5.41) is 0.271. The van der Waals surface area contributed by atoms with E-state index in [2.05, 4.69) is 46.0 Å². The van der Waals surface area contributed by atoms with Gasteiger partial charge in [-0.05, 0) is 67.4 Å². The fourth-order valence-corrected chi connectivity index (χ4v) is 4.54. The van der Waals surface area contributed by atoms with Crippen molar-refractivity contribution in [3.05, 3.63) is 35.4 Å². The molecule has 4 heteroatoms. The molecule has 1 fully saturated rings. The molecule has 1 saturated carbocycles. The summed E-state index contributed by atoms with van der Waals surface area (Å²) in [6.45, 7) is 11.6. The van der Waals surface area contributed by atoms with Crippen molar-refractivity contribution in [2.24, 2.45) is 0 Å². The van der Waals surface area contributed by atoms with Gasteiger partial charge in [0.15, 0.2) is 8.32 Å². The Bertz CT molecular complexity index is 549. The first-order valence-electron chi connectivity index (χ1n) is 9.00. The Morgan fingerprint density at radius 3 is 2.04 bits per heavy atom. The van der Waals surface area contributed by atoms with Gasteiger partial charge in [-0.1, -0.05) is 32.9 Å². The average Bonchev–Trinajstić information content (AvgIpc) is 2.53. The topological polar surface area (TPSA) is 35.5 Å². The van der Waals surface area contributed by atoms with Gasteiger partial charge in [0.1, 0.15) is 0 Å². The van der Waals surface area contributed by atoms with Crippen LogP contribution in [-0.2, 0) is 9.16 Å². The van der Waals surface area contributed by atoms with Crippen molar-refractivity contribution in [3.63, 3.8) is 0 Å². The molecule has 0 aromatic heterocycles. The molecule has 0 spiro atoms. The van der Waals surface area contributed by atoms with Crippen LogP contribution in [0, 0.1) is 0 Å². The molecular formula is C20H32O3Si. The van der Waals surface area contributed by atoms with Gasteiger partial charge in [0, 0.05) is 6.10 Å². The molecule has 0 amide bonds. The van der Waals surface area contributed by atoms with Gasteiger partial charge in [-0.25, -0.2) is 4.79 Å². The monoisotopic (exact) mass is 348 g/mol. The SMILES string of the molecule is COC(=O)c1ccc(C2CCC(O[Si](C)(C)C(C)(C)C)CC2)cc1. The Kier molecular flexibility index (Phi) is 5.92. The summed E-state index contributed by atoms with van der Waals surface area (Å²) in [5.41, 5.74) is 1.95. The fourth-order valence-electron chi connectivity index (χ4n) is 3.12. The third-order valence-electron chi connectivity index (χ3n) is 5.74. The molecule has 1 aliphatic rings. The van der Waals surface area contributed by atoms with E-state index in [0.717, 1.165) is 25.7 Å². The minimum absolute atomic E-state index is 0.270. The van der Waals surface area contributed by atoms with Crippen molar-refractivity contribution < 1.29 is 14.0 Å². The highest BCUT2D eigenvalue weighted by molar-refractivity contribution is 6.74. The summed E-state index contributed by atoms with van der Waals surface area (Å²) in [7, 11) is -0.253. The molecule has 1 aliphatic carbocycles. The van der Waals surface area contributed by atoms with Crippen molar-refractivity contribution >= 4 is 14.3 Å². The van der Waals surface area contributed by atoms with Gasteiger partial charge in [-0.2, -0.15) is 0 Å². The van der Waals surface area contributed by atoms with Gasteiger partial charge in [-0.15, -0.1) is 0 Å². The van der Waals surface area contributed by atoms with E-state index in [-0.39, 0.29) is 11.0 Å². The zero-order chi connectivity index (χ0) is 18.0. The maximum Gasteiger partial charge on any atom is 0.337 e. The van der Waals surface area contributed by atoms with E-state index < -0.39 is 8.32 Å². The number of benzene rings is 1. The molecule has 0 radical (unpaired) electrons. The second kappa shape index (κ2) is 7.40. The molecule has 2 rings (SSSR count). The van der Waals surface area contributed by atoms with Crippen LogP contribution >= 0.6 is 0 Å². The summed E-state index contributed by atoms with van der Waals surface area (Å²) in [5.74, 6) is 0.309. The summed E-state index contributed by atoms with van der Waals surface area (Å²) >= 11 is 0. The van der Waals surface area contributed by atoms with E-state index in [1.165, 1.54) is 12.7 Å². The lowest BCUT2D eigenvalue weighted by molar-refractivity contribution is 0.0600. The number of carbonyl (C=O) groups excluding carboxylic acids is 1. The molecule has 0 N–H and O–H groups in total. The summed E-state index contributed by atoms with van der Waals surface area (Å²) in [6, 6.07) is 7.90. The van der Waals surface area contributed by atoms with Crippen LogP contribution in [0.3, 0.4) is 0 Å². The van der Waals surface area contributed by atoms with Crippen molar-refractivity contribution in [1.82, 2.24) is 0 Å². The Morgan fingerprint density at radius 2 is 1.58 bits per heavy atom. The molecule has 134 valence electrons. The first-order chi connectivity index (χ1) is 11.1. The highest BCUT2D eigenvalue weighted by atomic mass is 28.4. The van der Waals surface area contributed by atoms with Crippen molar-refractivity contribution in [2.45, 2.75) is 76.6 Å². The lowest BCUT2D eigenvalue weighted by atomic mass is 9.82. The number of ether oxygens (including phenoxy) is 1. The van der Waals surface area contributed by atoms with Crippen LogP contribution in [0.25, 0.3) is 0 Å². The fraction of sp³-hybridized carbons (Fsp3) is 0.650. The third-order valence-corrected chi connectivity index (χ3v) is 10.3. The van der Waals surface area contributed by atoms with Crippen LogP contribution < -0.4 is 0 Å². The smallest absolute Gasteiger partial charge is 0.337 e. The normalized spacial score (nSPS) is 22.2. The van der Waals surface area contributed by atoms with Crippen molar-refractivity contribution in [1.29, 1.82) is 0 Å². The Hall–Kier alpha value is -1.13. The molecular weight excluding hydrogens is 316 g/mol. The number of esters is 1. The van der Waals surface area contributed by atoms with Gasteiger partial charge in [0.2, 0.25) is 0 Å². The minimum atomic E-state index is -1.67. The zero-order valence-electron chi connectivity index (χ0n) is 16.0. The van der Waals surface area contributed by atoms with Gasteiger partial charge < -0.3 is 9.16 Å². The Balaban J connectivity index is 1.92. The van der Waals surface area contributed by atoms with Gasteiger partial charge in [-0.3, -0.25) is 0 Å². The maximum absolute atomic E-state index is 11.5.